The van der Waals surface area contributed by atoms with Gasteiger partial charge >= 0.3 is 30.1 Å². The number of carbonyl (C=O) groups is 6. The average molecular weight is 795 g/mol. The number of hydrogen-bond donors (Lipinski definition) is 4. The van der Waals surface area contributed by atoms with Crippen LogP contribution in [0, 0.1) is 0 Å². The molecule has 0 unspecified atom stereocenters. The lowest BCUT2D eigenvalue weighted by atomic mass is 10.1. The SMILES string of the molecule is CC(C)(C)OC(=O)/N=C(\NC(=O)OC(C)(C)C)Nc1ccc(C(=O)Oc2ccc(CCC(=O)N3C[C@@H](Oc4ccc(C(=O)O)cc4)C[C@H]3C(=O)O)c(Cl)c2)cc1. The third kappa shape index (κ3) is 13.0. The first-order valence-electron chi connectivity index (χ1n) is 17.4. The number of anilines is 1. The second-order valence-corrected chi connectivity index (χ2v) is 15.0. The van der Waals surface area contributed by atoms with Crippen LogP contribution in [0.1, 0.15) is 80.7 Å². The van der Waals surface area contributed by atoms with Crippen molar-refractivity contribution in [2.45, 2.75) is 84.2 Å². The number of guanidine groups is 1. The van der Waals surface area contributed by atoms with E-state index in [2.05, 4.69) is 15.6 Å². The summed E-state index contributed by atoms with van der Waals surface area (Å²) in [4.78, 5) is 79.0. The third-order valence-electron chi connectivity index (χ3n) is 7.71. The summed E-state index contributed by atoms with van der Waals surface area (Å²) in [5.41, 5.74) is -0.513. The fourth-order valence-corrected chi connectivity index (χ4v) is 5.56. The molecule has 17 heteroatoms. The van der Waals surface area contributed by atoms with Crippen LogP contribution in [0.5, 0.6) is 11.5 Å². The van der Waals surface area contributed by atoms with Crippen molar-refractivity contribution in [1.29, 1.82) is 0 Å². The number of aliphatic imine (C=N–C) groups is 1. The zero-order chi connectivity index (χ0) is 41.4. The van der Waals surface area contributed by atoms with Gasteiger partial charge in [0.05, 0.1) is 17.7 Å². The summed E-state index contributed by atoms with van der Waals surface area (Å²) >= 11 is 6.48. The van der Waals surface area contributed by atoms with E-state index in [4.69, 9.17) is 35.7 Å². The van der Waals surface area contributed by atoms with Gasteiger partial charge in [-0.05, 0) is 114 Å². The lowest BCUT2D eigenvalue weighted by Crippen LogP contribution is -2.40. The molecule has 1 aliphatic heterocycles. The lowest BCUT2D eigenvalue weighted by molar-refractivity contribution is -0.148. The molecule has 298 valence electrons. The Kier molecular flexibility index (Phi) is 13.7. The van der Waals surface area contributed by atoms with Crippen molar-refractivity contribution in [3.63, 3.8) is 0 Å². The lowest BCUT2D eigenvalue weighted by Gasteiger charge is -2.21. The van der Waals surface area contributed by atoms with Crippen molar-refractivity contribution < 1.29 is 57.9 Å². The Labute approximate surface area is 327 Å². The molecule has 1 saturated heterocycles. The quantitative estimate of drug-likeness (QED) is 0.0741. The molecule has 1 heterocycles. The fraction of sp³-hybridized carbons (Fsp3) is 0.359. The minimum absolute atomic E-state index is 0.0277. The highest BCUT2D eigenvalue weighted by Crippen LogP contribution is 2.28. The average Bonchev–Trinajstić information content (AvgIpc) is 3.51. The predicted molar refractivity (Wildman–Crippen MR) is 203 cm³/mol. The molecule has 4 rings (SSSR count). The van der Waals surface area contributed by atoms with Crippen LogP contribution in [0.25, 0.3) is 0 Å². The molecule has 0 aliphatic carbocycles. The van der Waals surface area contributed by atoms with Gasteiger partial charge in [-0.15, -0.1) is 4.99 Å². The number of amides is 3. The highest BCUT2D eigenvalue weighted by atomic mass is 35.5. The molecule has 4 N–H and O–H groups in total. The summed E-state index contributed by atoms with van der Waals surface area (Å²) < 4.78 is 21.8. The number of nitrogens with one attached hydrogen (secondary N) is 2. The first-order valence-corrected chi connectivity index (χ1v) is 17.8. The van der Waals surface area contributed by atoms with Crippen LogP contribution < -0.4 is 20.1 Å². The number of hydrogen-bond acceptors (Lipinski definition) is 10. The number of carboxylic acid groups (broad SMARTS) is 2. The van der Waals surface area contributed by atoms with Crippen LogP contribution in [0.2, 0.25) is 5.02 Å². The summed E-state index contributed by atoms with van der Waals surface area (Å²) in [5.74, 6) is -3.19. The molecule has 3 aromatic rings. The Balaban J connectivity index is 1.34. The molecule has 1 aliphatic rings. The van der Waals surface area contributed by atoms with E-state index in [0.29, 0.717) is 17.0 Å². The number of alkyl carbamates (subject to hydrolysis) is 1. The van der Waals surface area contributed by atoms with E-state index in [-0.39, 0.29) is 53.7 Å². The Morgan fingerprint density at radius 3 is 2.02 bits per heavy atom. The van der Waals surface area contributed by atoms with Crippen molar-refractivity contribution in [2.75, 3.05) is 11.9 Å². The van der Waals surface area contributed by atoms with Gasteiger partial charge in [0, 0.05) is 23.6 Å². The second-order valence-electron chi connectivity index (χ2n) is 14.6. The van der Waals surface area contributed by atoms with Crippen LogP contribution in [0.4, 0.5) is 15.3 Å². The number of halogens is 1. The molecule has 0 saturated carbocycles. The highest BCUT2D eigenvalue weighted by Gasteiger charge is 2.40. The number of carbonyl (C=O) groups excluding carboxylic acids is 4. The van der Waals surface area contributed by atoms with Gasteiger partial charge in [0.25, 0.3) is 0 Å². The number of aryl methyl sites for hydroxylation is 1. The third-order valence-corrected chi connectivity index (χ3v) is 8.07. The fourth-order valence-electron chi connectivity index (χ4n) is 5.30. The summed E-state index contributed by atoms with van der Waals surface area (Å²) in [6, 6.07) is 15.0. The summed E-state index contributed by atoms with van der Waals surface area (Å²) in [6.07, 6.45) is -2.27. The van der Waals surface area contributed by atoms with E-state index in [1.807, 2.05) is 0 Å². The largest absolute Gasteiger partial charge is 0.488 e. The van der Waals surface area contributed by atoms with E-state index in [1.165, 1.54) is 65.6 Å². The van der Waals surface area contributed by atoms with Crippen molar-refractivity contribution in [3.8, 4) is 11.5 Å². The summed E-state index contributed by atoms with van der Waals surface area (Å²) in [5, 5.41) is 24.3. The van der Waals surface area contributed by atoms with E-state index >= 15 is 0 Å². The van der Waals surface area contributed by atoms with Gasteiger partial charge in [0.1, 0.15) is 34.8 Å². The minimum Gasteiger partial charge on any atom is -0.488 e. The molecular formula is C39H43ClN4O12. The molecule has 0 spiro atoms. The number of rotatable bonds is 10. The Morgan fingerprint density at radius 2 is 1.45 bits per heavy atom. The minimum atomic E-state index is -1.17. The highest BCUT2D eigenvalue weighted by molar-refractivity contribution is 6.31. The number of benzene rings is 3. The monoisotopic (exact) mass is 794 g/mol. The number of aromatic carboxylic acids is 1. The maximum Gasteiger partial charge on any atom is 0.437 e. The van der Waals surface area contributed by atoms with Crippen LogP contribution in [-0.2, 0) is 25.5 Å². The van der Waals surface area contributed by atoms with Gasteiger partial charge in [-0.1, -0.05) is 17.7 Å². The Hall–Kier alpha value is -6.16. The molecule has 1 fully saturated rings. The van der Waals surface area contributed by atoms with Crippen molar-refractivity contribution >= 4 is 59.2 Å². The van der Waals surface area contributed by atoms with Crippen molar-refractivity contribution in [1.82, 2.24) is 10.2 Å². The first kappa shape index (κ1) is 42.6. The Morgan fingerprint density at radius 1 is 0.839 bits per heavy atom. The Bertz CT molecular complexity index is 1990. The van der Waals surface area contributed by atoms with Gasteiger partial charge in [-0.25, -0.2) is 24.0 Å². The van der Waals surface area contributed by atoms with Gasteiger partial charge in [0.2, 0.25) is 11.9 Å². The molecule has 0 aromatic heterocycles. The molecule has 2 atom stereocenters. The van der Waals surface area contributed by atoms with Gasteiger partial charge in [-0.3, -0.25) is 10.1 Å². The van der Waals surface area contributed by atoms with Crippen molar-refractivity contribution in [2.24, 2.45) is 4.99 Å². The zero-order valence-electron chi connectivity index (χ0n) is 31.6. The number of ether oxygens (including phenoxy) is 4. The molecule has 0 radical (unpaired) electrons. The molecule has 0 bridgehead atoms. The predicted octanol–water partition coefficient (Wildman–Crippen LogP) is 6.55. The maximum absolute atomic E-state index is 13.2. The van der Waals surface area contributed by atoms with Crippen molar-refractivity contribution in [3.05, 3.63) is 88.4 Å². The number of carboxylic acids is 2. The van der Waals surface area contributed by atoms with E-state index in [0.717, 1.165) is 0 Å². The van der Waals surface area contributed by atoms with Gasteiger partial charge in [-0.2, -0.15) is 0 Å². The van der Waals surface area contributed by atoms with E-state index in [1.54, 1.807) is 47.6 Å². The summed E-state index contributed by atoms with van der Waals surface area (Å²) in [6.45, 7) is 10.0. The summed E-state index contributed by atoms with van der Waals surface area (Å²) in [7, 11) is 0. The number of likely N-dealkylation sites (tertiary alicyclic amines) is 1. The van der Waals surface area contributed by atoms with Crippen LogP contribution >= 0.6 is 11.6 Å². The molecule has 56 heavy (non-hydrogen) atoms. The molecule has 3 amide bonds. The molecule has 16 nitrogen and oxygen atoms in total. The second kappa shape index (κ2) is 18.0. The molecule has 3 aromatic carbocycles. The van der Waals surface area contributed by atoms with Crippen LogP contribution in [-0.4, -0.2) is 87.0 Å². The van der Waals surface area contributed by atoms with Gasteiger partial charge < -0.3 is 39.4 Å². The topological polar surface area (TPSA) is 219 Å². The number of esters is 1. The van der Waals surface area contributed by atoms with Gasteiger partial charge in [0.15, 0.2) is 0 Å². The zero-order valence-corrected chi connectivity index (χ0v) is 32.3. The van der Waals surface area contributed by atoms with Crippen LogP contribution in [0.3, 0.4) is 0 Å². The number of nitrogens with zero attached hydrogens (tertiary/aromatic N) is 2. The smallest absolute Gasteiger partial charge is 0.437 e. The standard InChI is InChI=1S/C39H43ClN4O12/c1-38(2,3)55-36(51)42-35(43-37(52)56-39(4,5)6)41-25-13-7-24(8-14-25)34(50)54-27-17-9-22(29(40)19-27)12-18-31(45)44-21-28(20-30(44)33(48)49)53-26-15-10-23(11-16-26)32(46)47/h7-11,13-17,19,28,30H,12,18,20-21H2,1-6H3,(H,46,47)(H,48,49)(H2,41,42,43,51,52)/t28-,30-/m0/s1. The first-order chi connectivity index (χ1) is 26.2. The number of aliphatic carboxylic acids is 1. The van der Waals surface area contributed by atoms with E-state index in [9.17, 15) is 33.9 Å². The maximum atomic E-state index is 13.2. The normalized spacial score (nSPS) is 15.7. The van der Waals surface area contributed by atoms with Crippen LogP contribution in [0.15, 0.2) is 71.7 Å². The molecular weight excluding hydrogens is 752 g/mol. The van der Waals surface area contributed by atoms with E-state index < -0.39 is 59.3 Å².